The standard InChI is InChI=1S/C20H28N.2C18H24N.C16H20N/c1-13(2)17-8-9-18(15(5)10-17)20-11-16(6)19(14(3)4)12-21(20)7;2*1-12(2)17-10-18(19(6)11-15(17)5)16-8-7-13(3)9-14(16)4;1-11-6-7-16(17(5)10-11)15-9-13(3)12(2)8-14(15)4/h8-14H,1-7H3;2*7-12H,1-6H3;6-10H,1-5H3/q4*+1/i3D3,13D,14D;1D3,3D3,5D3,12D;3D3,5D3,12D;. The van der Waals surface area contributed by atoms with Gasteiger partial charge in [0.15, 0.2) is 24.8 Å². The molecule has 0 bridgehead atoms. The Labute approximate surface area is 493 Å². The van der Waals surface area contributed by atoms with Crippen LogP contribution in [0, 0.1) is 82.8 Å². The third-order valence-electron chi connectivity index (χ3n) is 13.9. The molecule has 4 heteroatoms. The first-order chi connectivity index (χ1) is 44.1. The number of hydrogen-bond donors (Lipinski definition) is 0. The SMILES string of the molecule is Cc1ccc(-c2cc(C)c(C)cc2C)[n+](C)c1.[2H]C(C)(C)c1ccc(-c2cc(C)c(C([2H])(C)C([2H])([2H])[2H])c[n+]2C)c(C)c1.[2H]C([2H])([2H])c1ccc(-c2cc(C([2H])(C)C([2H])([2H])[2H])c(C([2H])([2H])[2H])c[n+]2C)c(C)c1.[2H]C([2H])([2H])c1ccc(-c2cc(C([2H])(C)C)c(C([2H])([2H])[2H])c[n+]2C)c(C)c1. The van der Waals surface area contributed by atoms with Crippen LogP contribution in [0.2, 0.25) is 0 Å². The van der Waals surface area contributed by atoms with E-state index in [0.29, 0.717) is 27.9 Å². The van der Waals surface area contributed by atoms with E-state index in [0.717, 1.165) is 44.8 Å². The Kier molecular flexibility index (Phi) is 12.2. The highest BCUT2D eigenvalue weighted by molar-refractivity contribution is 5.66. The van der Waals surface area contributed by atoms with E-state index in [2.05, 4.69) is 69.8 Å². The first kappa shape index (κ1) is 35.7. The van der Waals surface area contributed by atoms with Crippen LogP contribution in [0.15, 0.2) is 122 Å². The lowest BCUT2D eigenvalue weighted by atomic mass is 9.94. The summed E-state index contributed by atoms with van der Waals surface area (Å²) in [7, 11) is 7.36. The van der Waals surface area contributed by atoms with E-state index in [1.165, 1.54) is 71.8 Å². The first-order valence-electron chi connectivity index (χ1n) is 36.6. The van der Waals surface area contributed by atoms with Gasteiger partial charge in [-0.1, -0.05) is 109 Å². The molecule has 0 amide bonds. The summed E-state index contributed by atoms with van der Waals surface area (Å²) in [5.41, 5.74) is 18.1. The van der Waals surface area contributed by atoms with E-state index in [1.807, 2.05) is 70.5 Å². The molecule has 4 nitrogen and oxygen atoms in total. The van der Waals surface area contributed by atoms with Crippen molar-refractivity contribution >= 4 is 0 Å². The second kappa shape index (κ2) is 26.0. The topological polar surface area (TPSA) is 15.5 Å². The van der Waals surface area contributed by atoms with Gasteiger partial charge in [-0.2, -0.15) is 0 Å². The van der Waals surface area contributed by atoms with Gasteiger partial charge in [0.25, 0.3) is 0 Å². The molecule has 8 rings (SSSR count). The molecule has 0 saturated heterocycles. The van der Waals surface area contributed by atoms with Crippen molar-refractivity contribution in [2.24, 2.45) is 28.2 Å². The summed E-state index contributed by atoms with van der Waals surface area (Å²) in [5, 5.41) is 0. The average Bonchev–Trinajstić information content (AvgIpc) is 0.761. The summed E-state index contributed by atoms with van der Waals surface area (Å²) in [6, 6.07) is 29.6. The second-order valence-electron chi connectivity index (χ2n) is 20.9. The molecule has 0 aliphatic heterocycles. The van der Waals surface area contributed by atoms with Gasteiger partial charge in [-0.25, -0.2) is 18.3 Å². The van der Waals surface area contributed by atoms with Gasteiger partial charge in [-0.05, 0) is 192 Å². The maximum atomic E-state index is 8.44. The summed E-state index contributed by atoms with van der Waals surface area (Å²) in [6.45, 7) is 11.2. The normalized spacial score (nSPS) is 18.2. The Morgan fingerprint density at radius 1 is 0.316 bits per heavy atom. The third kappa shape index (κ3) is 14.9. The average molecular weight is 1040 g/mol. The highest BCUT2D eigenvalue weighted by Crippen LogP contribution is 2.30. The minimum Gasteiger partial charge on any atom is -0.201 e. The van der Waals surface area contributed by atoms with Crippen LogP contribution in [0.1, 0.15) is 198 Å². The fourth-order valence-corrected chi connectivity index (χ4v) is 9.39. The summed E-state index contributed by atoms with van der Waals surface area (Å²) >= 11 is 0. The Morgan fingerprint density at radius 2 is 0.750 bits per heavy atom. The van der Waals surface area contributed by atoms with Crippen LogP contribution in [0.25, 0.3) is 45.0 Å². The molecule has 2 unspecified atom stereocenters. The number of hydrogen-bond acceptors (Lipinski definition) is 0. The highest BCUT2D eigenvalue weighted by Gasteiger charge is 2.21. The quantitative estimate of drug-likeness (QED) is 0.135. The molecule has 2 atom stereocenters. The maximum Gasteiger partial charge on any atom is 0.212 e. The molecule has 0 saturated carbocycles. The van der Waals surface area contributed by atoms with E-state index in [4.69, 9.17) is 30.2 Å². The van der Waals surface area contributed by atoms with Crippen molar-refractivity contribution in [1.82, 2.24) is 0 Å². The van der Waals surface area contributed by atoms with Crippen molar-refractivity contribution in [2.45, 2.75) is 162 Å². The first-order valence-corrected chi connectivity index (χ1v) is 25.6. The van der Waals surface area contributed by atoms with Crippen molar-refractivity contribution in [1.29, 1.82) is 0 Å². The van der Waals surface area contributed by atoms with Crippen LogP contribution in [-0.4, -0.2) is 0 Å². The predicted molar refractivity (Wildman–Crippen MR) is 325 cm³/mol. The third-order valence-corrected chi connectivity index (χ3v) is 13.9. The molecule has 0 fully saturated rings. The molecule has 0 aliphatic rings. The van der Waals surface area contributed by atoms with Gasteiger partial charge in [0.05, 0.1) is 0 Å². The van der Waals surface area contributed by atoms with Gasteiger partial charge in [0.2, 0.25) is 22.8 Å². The summed E-state index contributed by atoms with van der Waals surface area (Å²) in [4.78, 5) is 0. The van der Waals surface area contributed by atoms with E-state index < -0.39 is 64.7 Å². The zero-order chi connectivity index (χ0) is 75.3. The largest absolute Gasteiger partial charge is 0.212 e. The van der Waals surface area contributed by atoms with E-state index in [9.17, 15) is 0 Å². The number of pyridine rings is 4. The van der Waals surface area contributed by atoms with Crippen LogP contribution in [-0.2, 0) is 28.2 Å². The molecule has 0 N–H and O–H groups in total. The molecular weight excluding hydrogens is 921 g/mol. The molecule has 4 heterocycles. The molecular formula is C72H96N4+4. The summed E-state index contributed by atoms with van der Waals surface area (Å²) in [6.07, 6.45) is 6.80. The summed E-state index contributed by atoms with van der Waals surface area (Å²) < 4.78 is 179. The number of aryl methyl sites for hydroxylation is 16. The van der Waals surface area contributed by atoms with Gasteiger partial charge in [-0.15, -0.1) is 0 Å². The molecule has 4 aromatic heterocycles. The van der Waals surface area contributed by atoms with Crippen LogP contribution in [0.3, 0.4) is 0 Å². The van der Waals surface area contributed by atoms with Crippen molar-refractivity contribution in [2.75, 3.05) is 0 Å². The number of rotatable bonds is 8. The monoisotopic (exact) mass is 1040 g/mol. The Balaban J connectivity index is 0.000000239. The molecule has 400 valence electrons. The zero-order valence-corrected chi connectivity index (χ0v) is 48.3. The van der Waals surface area contributed by atoms with Crippen LogP contribution >= 0.6 is 0 Å². The molecule has 4 aromatic carbocycles. The molecule has 0 radical (unpaired) electrons. The Bertz CT molecular complexity index is 4230. The molecule has 8 aromatic rings. The minimum atomic E-state index is -2.75. The van der Waals surface area contributed by atoms with E-state index >= 15 is 0 Å². The molecule has 0 spiro atoms. The maximum absolute atomic E-state index is 8.44. The van der Waals surface area contributed by atoms with E-state index in [1.54, 1.807) is 86.7 Å². The van der Waals surface area contributed by atoms with Crippen molar-refractivity contribution < 1.29 is 48.4 Å². The van der Waals surface area contributed by atoms with Crippen molar-refractivity contribution in [3.8, 4) is 45.0 Å². The number of nitrogens with zero attached hydrogens (tertiary/aromatic N) is 4. The van der Waals surface area contributed by atoms with Crippen molar-refractivity contribution in [3.05, 3.63) is 211 Å². The molecule has 76 heavy (non-hydrogen) atoms. The lowest BCUT2D eigenvalue weighted by molar-refractivity contribution is -0.661. The lowest BCUT2D eigenvalue weighted by Gasteiger charge is -2.13. The number of benzene rings is 4. The minimum absolute atomic E-state index is 0.107. The van der Waals surface area contributed by atoms with Gasteiger partial charge < -0.3 is 0 Å². The fourth-order valence-electron chi connectivity index (χ4n) is 9.39. The van der Waals surface area contributed by atoms with Gasteiger partial charge in [0, 0.05) is 98.9 Å². The Morgan fingerprint density at radius 3 is 1.21 bits per heavy atom. The smallest absolute Gasteiger partial charge is 0.201 e. The van der Waals surface area contributed by atoms with Gasteiger partial charge in [-0.3, -0.25) is 0 Å². The van der Waals surface area contributed by atoms with Crippen LogP contribution in [0.4, 0.5) is 0 Å². The van der Waals surface area contributed by atoms with Crippen LogP contribution in [0.5, 0.6) is 0 Å². The zero-order valence-electron chi connectivity index (χ0n) is 70.3. The van der Waals surface area contributed by atoms with E-state index in [-0.39, 0.29) is 27.8 Å². The molecule has 0 aliphatic carbocycles. The van der Waals surface area contributed by atoms with Crippen LogP contribution < -0.4 is 18.3 Å². The van der Waals surface area contributed by atoms with Gasteiger partial charge >= 0.3 is 0 Å². The summed E-state index contributed by atoms with van der Waals surface area (Å²) in [5.74, 6) is -5.55. The lowest BCUT2D eigenvalue weighted by Crippen LogP contribution is -2.32. The van der Waals surface area contributed by atoms with Gasteiger partial charge in [0.1, 0.15) is 28.2 Å². The second-order valence-corrected chi connectivity index (χ2v) is 20.9. The Hall–Kier alpha value is -6.52. The number of aromatic nitrogens is 4. The highest BCUT2D eigenvalue weighted by atomic mass is 14.9. The predicted octanol–water partition coefficient (Wildman–Crippen LogP) is 16.9. The fraction of sp³-hybridized carbons (Fsp3) is 0.389. The van der Waals surface area contributed by atoms with Crippen molar-refractivity contribution in [3.63, 3.8) is 0 Å².